The van der Waals surface area contributed by atoms with Gasteiger partial charge in [0, 0.05) is 19.0 Å². The van der Waals surface area contributed by atoms with Gasteiger partial charge >= 0.3 is 5.97 Å². The highest BCUT2D eigenvalue weighted by atomic mass is 16.4. The van der Waals surface area contributed by atoms with Gasteiger partial charge in [0.05, 0.1) is 0 Å². The van der Waals surface area contributed by atoms with Crippen LogP contribution in [0.5, 0.6) is 0 Å². The zero-order chi connectivity index (χ0) is 11.4. The Labute approximate surface area is 87.1 Å². The van der Waals surface area contributed by atoms with Crippen LogP contribution in [0.1, 0.15) is 40.5 Å². The molecule has 0 aliphatic rings. The molecule has 82 valence electrons. The molecule has 0 saturated heterocycles. The van der Waals surface area contributed by atoms with Crippen molar-refractivity contribution < 1.29 is 19.1 Å². The molecule has 1 heterocycles. The fourth-order valence-corrected chi connectivity index (χ4v) is 1.23. The number of carboxylic acids is 1. The zero-order valence-electron chi connectivity index (χ0n) is 8.66. The molecule has 0 aliphatic carbocycles. The van der Waals surface area contributed by atoms with Gasteiger partial charge in [-0.15, -0.1) is 0 Å². The summed E-state index contributed by atoms with van der Waals surface area (Å²) in [6, 6.07) is 1.26. The lowest BCUT2D eigenvalue weighted by molar-refractivity contribution is 0.0694. The van der Waals surface area contributed by atoms with Crippen molar-refractivity contribution in [2.75, 3.05) is 6.54 Å². The van der Waals surface area contributed by atoms with Gasteiger partial charge in [0.1, 0.15) is 11.3 Å². The Kier molecular flexibility index (Phi) is 3.49. The van der Waals surface area contributed by atoms with Gasteiger partial charge in [-0.1, -0.05) is 6.92 Å². The summed E-state index contributed by atoms with van der Waals surface area (Å²) in [6.45, 7) is 4.02. The average Bonchev–Trinajstić information content (AvgIpc) is 2.61. The van der Waals surface area contributed by atoms with Crippen LogP contribution in [0.25, 0.3) is 0 Å². The molecule has 15 heavy (non-hydrogen) atoms. The number of hydrogen-bond acceptors (Lipinski definition) is 3. The molecular formula is C10H13NO4. The second kappa shape index (κ2) is 4.63. The van der Waals surface area contributed by atoms with Crippen molar-refractivity contribution in [1.29, 1.82) is 0 Å². The monoisotopic (exact) mass is 211 g/mol. The van der Waals surface area contributed by atoms with Crippen molar-refractivity contribution in [2.45, 2.75) is 20.3 Å². The van der Waals surface area contributed by atoms with E-state index in [1.165, 1.54) is 6.07 Å². The molecular weight excluding hydrogens is 198 g/mol. The normalized spacial score (nSPS) is 10.0. The summed E-state index contributed by atoms with van der Waals surface area (Å²) in [4.78, 5) is 22.1. The summed E-state index contributed by atoms with van der Waals surface area (Å²) in [6.07, 6.45) is 0.445. The number of aromatic carboxylic acids is 1. The number of furan rings is 1. The van der Waals surface area contributed by atoms with E-state index in [9.17, 15) is 9.59 Å². The van der Waals surface area contributed by atoms with Gasteiger partial charge in [-0.3, -0.25) is 4.79 Å². The highest BCUT2D eigenvalue weighted by molar-refractivity contribution is 5.96. The molecule has 0 spiro atoms. The first-order valence-electron chi connectivity index (χ1n) is 4.74. The standard InChI is InChI=1S/C10H13NO4/c1-3-7-6(10(13)14)5-8(15-7)9(12)11-4-2/h5H,3-4H2,1-2H3,(H,11,12)(H,13,14). The first kappa shape index (κ1) is 11.3. The number of carbonyl (C=O) groups is 2. The summed E-state index contributed by atoms with van der Waals surface area (Å²) in [7, 11) is 0. The molecule has 0 bridgehead atoms. The lowest BCUT2D eigenvalue weighted by Gasteiger charge is -1.96. The Morgan fingerprint density at radius 3 is 2.53 bits per heavy atom. The van der Waals surface area contributed by atoms with Gasteiger partial charge in [0.25, 0.3) is 5.91 Å². The van der Waals surface area contributed by atoms with Crippen LogP contribution in [-0.4, -0.2) is 23.5 Å². The second-order valence-corrected chi connectivity index (χ2v) is 2.97. The summed E-state index contributed by atoms with van der Waals surface area (Å²) < 4.78 is 5.15. The van der Waals surface area contributed by atoms with E-state index in [1.807, 2.05) is 0 Å². The predicted molar refractivity (Wildman–Crippen MR) is 53.1 cm³/mol. The third-order valence-corrected chi connectivity index (χ3v) is 1.92. The molecule has 1 aromatic rings. The van der Waals surface area contributed by atoms with Crippen LogP contribution in [0.3, 0.4) is 0 Å². The van der Waals surface area contributed by atoms with Crippen LogP contribution in [0.2, 0.25) is 0 Å². The van der Waals surface area contributed by atoms with Crippen LogP contribution in [-0.2, 0) is 6.42 Å². The molecule has 0 unspecified atom stereocenters. The van der Waals surface area contributed by atoms with E-state index in [0.717, 1.165) is 0 Å². The van der Waals surface area contributed by atoms with Crippen molar-refractivity contribution in [3.05, 3.63) is 23.2 Å². The highest BCUT2D eigenvalue weighted by Crippen LogP contribution is 2.16. The number of carboxylic acid groups (broad SMARTS) is 1. The maximum absolute atomic E-state index is 11.4. The Morgan fingerprint density at radius 2 is 2.13 bits per heavy atom. The van der Waals surface area contributed by atoms with Crippen molar-refractivity contribution >= 4 is 11.9 Å². The SMILES string of the molecule is CCNC(=O)c1cc(C(=O)O)c(CC)o1. The van der Waals surface area contributed by atoms with E-state index < -0.39 is 5.97 Å². The lowest BCUT2D eigenvalue weighted by Crippen LogP contribution is -2.21. The second-order valence-electron chi connectivity index (χ2n) is 2.97. The van der Waals surface area contributed by atoms with E-state index in [0.29, 0.717) is 18.7 Å². The van der Waals surface area contributed by atoms with E-state index in [-0.39, 0.29) is 17.2 Å². The molecule has 1 amide bonds. The highest BCUT2D eigenvalue weighted by Gasteiger charge is 2.19. The fourth-order valence-electron chi connectivity index (χ4n) is 1.23. The van der Waals surface area contributed by atoms with E-state index in [2.05, 4.69) is 5.32 Å². The number of carbonyl (C=O) groups excluding carboxylic acids is 1. The van der Waals surface area contributed by atoms with Crippen molar-refractivity contribution in [2.24, 2.45) is 0 Å². The lowest BCUT2D eigenvalue weighted by atomic mass is 10.2. The number of aryl methyl sites for hydroxylation is 1. The Hall–Kier alpha value is -1.78. The molecule has 0 aliphatic heterocycles. The molecule has 0 saturated carbocycles. The third-order valence-electron chi connectivity index (χ3n) is 1.92. The van der Waals surface area contributed by atoms with Gasteiger partial charge in [0.15, 0.2) is 5.76 Å². The smallest absolute Gasteiger partial charge is 0.339 e. The molecule has 0 fully saturated rings. The van der Waals surface area contributed by atoms with E-state index >= 15 is 0 Å². The van der Waals surface area contributed by atoms with Crippen LogP contribution >= 0.6 is 0 Å². The number of amides is 1. The molecule has 1 aromatic heterocycles. The van der Waals surface area contributed by atoms with Crippen LogP contribution in [0.15, 0.2) is 10.5 Å². The van der Waals surface area contributed by atoms with E-state index in [4.69, 9.17) is 9.52 Å². The van der Waals surface area contributed by atoms with Crippen molar-refractivity contribution in [3.8, 4) is 0 Å². The number of nitrogens with one attached hydrogen (secondary N) is 1. The van der Waals surface area contributed by atoms with Gasteiger partial charge in [-0.2, -0.15) is 0 Å². The molecule has 0 radical (unpaired) electrons. The minimum Gasteiger partial charge on any atom is -0.478 e. The molecule has 0 atom stereocenters. The first-order valence-corrected chi connectivity index (χ1v) is 4.74. The summed E-state index contributed by atoms with van der Waals surface area (Å²) in [5, 5.41) is 11.4. The predicted octanol–water partition coefficient (Wildman–Crippen LogP) is 1.29. The fraction of sp³-hybridized carbons (Fsp3) is 0.400. The molecule has 2 N–H and O–H groups in total. The summed E-state index contributed by atoms with van der Waals surface area (Å²) in [5.41, 5.74) is 0.0544. The molecule has 0 aromatic carbocycles. The Balaban J connectivity index is 3.02. The third kappa shape index (κ3) is 2.37. The van der Waals surface area contributed by atoms with Gasteiger partial charge in [0.2, 0.25) is 0 Å². The topological polar surface area (TPSA) is 79.5 Å². The largest absolute Gasteiger partial charge is 0.478 e. The van der Waals surface area contributed by atoms with Crippen LogP contribution < -0.4 is 5.32 Å². The zero-order valence-corrected chi connectivity index (χ0v) is 8.66. The summed E-state index contributed by atoms with van der Waals surface area (Å²) in [5.74, 6) is -1.10. The minimum absolute atomic E-state index is 0.0473. The molecule has 1 rings (SSSR count). The van der Waals surface area contributed by atoms with Gasteiger partial charge in [-0.05, 0) is 6.92 Å². The van der Waals surface area contributed by atoms with Crippen LogP contribution in [0.4, 0.5) is 0 Å². The average molecular weight is 211 g/mol. The van der Waals surface area contributed by atoms with Crippen molar-refractivity contribution in [3.63, 3.8) is 0 Å². The Morgan fingerprint density at radius 1 is 1.47 bits per heavy atom. The number of rotatable bonds is 4. The van der Waals surface area contributed by atoms with Crippen molar-refractivity contribution in [1.82, 2.24) is 5.32 Å². The van der Waals surface area contributed by atoms with Gasteiger partial charge < -0.3 is 14.8 Å². The summed E-state index contributed by atoms with van der Waals surface area (Å²) >= 11 is 0. The molecule has 5 nitrogen and oxygen atoms in total. The van der Waals surface area contributed by atoms with E-state index in [1.54, 1.807) is 13.8 Å². The maximum Gasteiger partial charge on any atom is 0.339 e. The quantitative estimate of drug-likeness (QED) is 0.786. The van der Waals surface area contributed by atoms with Crippen LogP contribution in [0, 0.1) is 0 Å². The van der Waals surface area contributed by atoms with Gasteiger partial charge in [-0.25, -0.2) is 4.79 Å². The minimum atomic E-state index is -1.08. The number of hydrogen-bond donors (Lipinski definition) is 2. The Bertz CT molecular complexity index is 381. The molecule has 5 heteroatoms. The first-order chi connectivity index (χ1) is 7.10. The maximum atomic E-state index is 11.4.